The number of hydrogen-bond acceptors (Lipinski definition) is 7. The first kappa shape index (κ1) is 24.1. The van der Waals surface area contributed by atoms with Crippen molar-refractivity contribution in [3.63, 3.8) is 0 Å². The van der Waals surface area contributed by atoms with Crippen LogP contribution in [-0.2, 0) is 16.1 Å². The molecule has 1 amide bonds. The Kier molecular flexibility index (Phi) is 7.52. The maximum Gasteiger partial charge on any atom is 0.339 e. The fraction of sp³-hybridized carbons (Fsp3) is 0.148. The van der Waals surface area contributed by atoms with E-state index in [0.29, 0.717) is 38.4 Å². The van der Waals surface area contributed by atoms with Gasteiger partial charge in [0.25, 0.3) is 0 Å². The van der Waals surface area contributed by atoms with Gasteiger partial charge in [-0.15, -0.1) is 11.8 Å². The summed E-state index contributed by atoms with van der Waals surface area (Å²) in [6.45, 7) is 1.82. The maximum absolute atomic E-state index is 12.9. The smallest absolute Gasteiger partial charge is 0.339 e. The van der Waals surface area contributed by atoms with Crippen molar-refractivity contribution in [1.29, 1.82) is 0 Å². The Morgan fingerprint density at radius 2 is 1.83 bits per heavy atom. The van der Waals surface area contributed by atoms with E-state index in [0.717, 1.165) is 5.56 Å². The zero-order valence-electron chi connectivity index (χ0n) is 19.2. The number of fused-ring (bicyclic) bond motifs is 1. The van der Waals surface area contributed by atoms with Crippen molar-refractivity contribution in [3.8, 4) is 5.75 Å². The second-order valence-electron chi connectivity index (χ2n) is 7.73. The van der Waals surface area contributed by atoms with Crippen molar-refractivity contribution < 1.29 is 23.5 Å². The number of thioether (sulfide) groups is 1. The van der Waals surface area contributed by atoms with Crippen LogP contribution in [0.2, 0.25) is 0 Å². The number of methoxy groups -OCH3 is 1. The normalized spacial score (nSPS) is 10.7. The number of esters is 1. The van der Waals surface area contributed by atoms with Gasteiger partial charge in [0.2, 0.25) is 5.91 Å². The number of amides is 1. The molecule has 0 aliphatic carbocycles. The van der Waals surface area contributed by atoms with Crippen molar-refractivity contribution in [3.05, 3.63) is 99.9 Å². The van der Waals surface area contributed by atoms with E-state index in [9.17, 15) is 14.4 Å². The summed E-state index contributed by atoms with van der Waals surface area (Å²) in [4.78, 5) is 37.9. The average Bonchev–Trinajstić information content (AvgIpc) is 2.85. The summed E-state index contributed by atoms with van der Waals surface area (Å²) in [5.74, 6) is -0.0211. The monoisotopic (exact) mass is 489 g/mol. The fourth-order valence-electron chi connectivity index (χ4n) is 3.48. The molecule has 1 N–H and O–H groups in total. The van der Waals surface area contributed by atoms with Gasteiger partial charge in [-0.25, -0.2) is 9.59 Å². The summed E-state index contributed by atoms with van der Waals surface area (Å²) in [6.07, 6.45) is 0. The predicted molar refractivity (Wildman–Crippen MR) is 135 cm³/mol. The van der Waals surface area contributed by atoms with E-state index in [-0.39, 0.29) is 18.3 Å². The Morgan fingerprint density at radius 1 is 1.00 bits per heavy atom. The first-order chi connectivity index (χ1) is 16.9. The molecule has 0 atom stereocenters. The molecular formula is C27H23NO6S. The predicted octanol–water partition coefficient (Wildman–Crippen LogP) is 5.20. The number of rotatable bonds is 8. The average molecular weight is 490 g/mol. The molecule has 0 saturated heterocycles. The molecule has 0 unspecified atom stereocenters. The van der Waals surface area contributed by atoms with Crippen molar-refractivity contribution >= 4 is 40.3 Å². The van der Waals surface area contributed by atoms with Gasteiger partial charge in [-0.2, -0.15) is 0 Å². The minimum atomic E-state index is -0.546. The molecule has 1 heterocycles. The Morgan fingerprint density at radius 3 is 2.66 bits per heavy atom. The highest BCUT2D eigenvalue weighted by Gasteiger charge is 2.16. The van der Waals surface area contributed by atoms with Gasteiger partial charge in [0.05, 0.1) is 18.4 Å². The Hall–Kier alpha value is -4.04. The number of anilines is 1. The highest BCUT2D eigenvalue weighted by molar-refractivity contribution is 8.00. The molecule has 35 heavy (non-hydrogen) atoms. The molecule has 0 saturated carbocycles. The van der Waals surface area contributed by atoms with Crippen molar-refractivity contribution in [1.82, 2.24) is 0 Å². The van der Waals surface area contributed by atoms with Crippen LogP contribution in [0.25, 0.3) is 11.0 Å². The van der Waals surface area contributed by atoms with Gasteiger partial charge in [-0.05, 0) is 42.8 Å². The molecule has 0 aliphatic rings. The van der Waals surface area contributed by atoms with Crippen LogP contribution >= 0.6 is 11.8 Å². The molecule has 178 valence electrons. The molecule has 0 spiro atoms. The van der Waals surface area contributed by atoms with Crippen LogP contribution in [0.1, 0.15) is 21.5 Å². The largest absolute Gasteiger partial charge is 0.497 e. The maximum atomic E-state index is 12.9. The third kappa shape index (κ3) is 6.10. The molecule has 4 aromatic rings. The van der Waals surface area contributed by atoms with E-state index in [1.807, 2.05) is 19.1 Å². The number of carbonyl (C=O) groups is 2. The van der Waals surface area contributed by atoms with Crippen molar-refractivity contribution in [2.24, 2.45) is 0 Å². The topological polar surface area (TPSA) is 94.8 Å². The van der Waals surface area contributed by atoms with Gasteiger partial charge in [0.15, 0.2) is 0 Å². The van der Waals surface area contributed by atoms with E-state index >= 15 is 0 Å². The summed E-state index contributed by atoms with van der Waals surface area (Å²) >= 11 is 1.23. The molecule has 0 aliphatic heterocycles. The number of carbonyl (C=O) groups excluding carboxylic acids is 2. The number of ether oxygens (including phenoxy) is 2. The molecule has 4 rings (SSSR count). The van der Waals surface area contributed by atoms with Gasteiger partial charge in [-0.1, -0.05) is 30.3 Å². The number of benzene rings is 3. The van der Waals surface area contributed by atoms with E-state index in [4.69, 9.17) is 13.9 Å². The van der Waals surface area contributed by atoms with Crippen LogP contribution in [0.15, 0.2) is 86.9 Å². The molecule has 1 aromatic heterocycles. The van der Waals surface area contributed by atoms with E-state index in [1.54, 1.807) is 61.7 Å². The first-order valence-corrected chi connectivity index (χ1v) is 11.8. The second kappa shape index (κ2) is 10.9. The fourth-order valence-corrected chi connectivity index (χ4v) is 4.32. The summed E-state index contributed by atoms with van der Waals surface area (Å²) < 4.78 is 16.0. The quantitative estimate of drug-likeness (QED) is 0.207. The van der Waals surface area contributed by atoms with Gasteiger partial charge in [-0.3, -0.25) is 4.79 Å². The zero-order valence-corrected chi connectivity index (χ0v) is 20.0. The van der Waals surface area contributed by atoms with E-state index in [1.165, 1.54) is 17.8 Å². The molecular weight excluding hydrogens is 466 g/mol. The lowest BCUT2D eigenvalue weighted by Gasteiger charge is -2.11. The van der Waals surface area contributed by atoms with Crippen LogP contribution in [0.3, 0.4) is 0 Å². The summed E-state index contributed by atoms with van der Waals surface area (Å²) in [6, 6.07) is 20.8. The molecule has 8 heteroatoms. The minimum Gasteiger partial charge on any atom is -0.497 e. The molecule has 0 bridgehead atoms. The van der Waals surface area contributed by atoms with Gasteiger partial charge in [0, 0.05) is 33.7 Å². The summed E-state index contributed by atoms with van der Waals surface area (Å²) in [5.41, 5.74) is 2.42. The first-order valence-electron chi connectivity index (χ1n) is 10.8. The molecule has 3 aromatic carbocycles. The third-order valence-corrected chi connectivity index (χ3v) is 6.24. The highest BCUT2D eigenvalue weighted by Crippen LogP contribution is 2.25. The standard InChI is InChI=1S/C27H23NO6S/c1-17-10-11-21-18(13-26(30)34-23(21)12-17)15-33-27(31)22-8-3-4-9-24(22)35-16-25(29)28-19-6-5-7-20(14-19)32-2/h3-14H,15-16H2,1-2H3,(H,28,29). The van der Waals surface area contributed by atoms with Crippen molar-refractivity contribution in [2.75, 3.05) is 18.2 Å². The van der Waals surface area contributed by atoms with Gasteiger partial charge in [0.1, 0.15) is 17.9 Å². The van der Waals surface area contributed by atoms with E-state index in [2.05, 4.69) is 5.32 Å². The second-order valence-corrected chi connectivity index (χ2v) is 8.75. The van der Waals surface area contributed by atoms with E-state index < -0.39 is 11.6 Å². The van der Waals surface area contributed by atoms with Crippen LogP contribution < -0.4 is 15.7 Å². The Labute approximate surface area is 206 Å². The number of aryl methyl sites for hydroxylation is 1. The van der Waals surface area contributed by atoms with Crippen molar-refractivity contribution in [2.45, 2.75) is 18.4 Å². The Bertz CT molecular complexity index is 1450. The molecule has 0 fully saturated rings. The zero-order chi connectivity index (χ0) is 24.8. The van der Waals surface area contributed by atoms with Crippen LogP contribution in [0, 0.1) is 6.92 Å². The lowest BCUT2D eigenvalue weighted by Crippen LogP contribution is -2.14. The van der Waals surface area contributed by atoms with Gasteiger partial charge >= 0.3 is 11.6 Å². The number of nitrogens with one attached hydrogen (secondary N) is 1. The molecule has 0 radical (unpaired) electrons. The number of hydrogen-bond donors (Lipinski definition) is 1. The SMILES string of the molecule is COc1cccc(NC(=O)CSc2ccccc2C(=O)OCc2cc(=O)oc3cc(C)ccc23)c1. The minimum absolute atomic E-state index is 0.0840. The van der Waals surface area contributed by atoms with Crippen LogP contribution in [0.5, 0.6) is 5.75 Å². The summed E-state index contributed by atoms with van der Waals surface area (Å²) in [5, 5.41) is 3.52. The Balaban J connectivity index is 1.42. The van der Waals surface area contributed by atoms with Crippen LogP contribution in [-0.4, -0.2) is 24.7 Å². The van der Waals surface area contributed by atoms with Crippen LogP contribution in [0.4, 0.5) is 5.69 Å². The van der Waals surface area contributed by atoms with Gasteiger partial charge < -0.3 is 19.2 Å². The lowest BCUT2D eigenvalue weighted by atomic mass is 10.1. The highest BCUT2D eigenvalue weighted by atomic mass is 32.2. The third-order valence-electron chi connectivity index (χ3n) is 5.16. The lowest BCUT2D eigenvalue weighted by molar-refractivity contribution is -0.113. The summed E-state index contributed by atoms with van der Waals surface area (Å²) in [7, 11) is 1.56. The molecule has 7 nitrogen and oxygen atoms in total.